The molecule has 6 nitrogen and oxygen atoms in total. The molecule has 0 bridgehead atoms. The van der Waals surface area contributed by atoms with E-state index < -0.39 is 0 Å². The van der Waals surface area contributed by atoms with Crippen LogP contribution in [0.2, 0.25) is 0 Å². The molecule has 2 atom stereocenters. The lowest BCUT2D eigenvalue weighted by atomic mass is 9.90. The maximum atomic E-state index is 12.0. The first-order valence-electron chi connectivity index (χ1n) is 9.99. The minimum absolute atomic E-state index is 0.0739. The second-order valence-corrected chi connectivity index (χ2v) is 7.48. The van der Waals surface area contributed by atoms with Gasteiger partial charge in [-0.05, 0) is 31.6 Å². The van der Waals surface area contributed by atoms with E-state index in [4.69, 9.17) is 0 Å². The summed E-state index contributed by atoms with van der Waals surface area (Å²) in [5.41, 5.74) is 2.10. The van der Waals surface area contributed by atoms with Crippen molar-refractivity contribution in [3.8, 4) is 0 Å². The van der Waals surface area contributed by atoms with Crippen molar-refractivity contribution in [2.45, 2.75) is 45.1 Å². The number of rotatable bonds is 8. The molecule has 2 unspecified atom stereocenters. The number of fused-ring (bicyclic) bond motifs is 1. The van der Waals surface area contributed by atoms with Gasteiger partial charge in [0.25, 0.3) is 0 Å². The Morgan fingerprint density at radius 3 is 2.59 bits per heavy atom. The average Bonchev–Trinajstić information content (AvgIpc) is 2.66. The van der Waals surface area contributed by atoms with E-state index >= 15 is 0 Å². The molecular formula is C21H35N5O. The Bertz CT molecular complexity index is 639. The maximum Gasteiger partial charge on any atom is 0.225 e. The minimum Gasteiger partial charge on any atom is -0.356 e. The fraction of sp³-hybridized carbons (Fsp3) is 0.619. The summed E-state index contributed by atoms with van der Waals surface area (Å²) in [5, 5.41) is 9.83. The van der Waals surface area contributed by atoms with E-state index in [1.54, 1.807) is 7.05 Å². The monoisotopic (exact) mass is 373 g/mol. The van der Waals surface area contributed by atoms with Crippen molar-refractivity contribution in [1.82, 2.24) is 15.5 Å². The number of aliphatic imine (C=N–C) groups is 1. The number of carbonyl (C=O) groups excluding carboxylic acids is 1. The van der Waals surface area contributed by atoms with Crippen LogP contribution >= 0.6 is 0 Å². The smallest absolute Gasteiger partial charge is 0.225 e. The predicted octanol–water partition coefficient (Wildman–Crippen LogP) is 2.64. The maximum absolute atomic E-state index is 12.0. The Hall–Kier alpha value is -2.08. The van der Waals surface area contributed by atoms with Gasteiger partial charge in [-0.2, -0.15) is 0 Å². The summed E-state index contributed by atoms with van der Waals surface area (Å²) >= 11 is 0. The molecule has 27 heavy (non-hydrogen) atoms. The van der Waals surface area contributed by atoms with Gasteiger partial charge in [0.05, 0.1) is 0 Å². The summed E-state index contributed by atoms with van der Waals surface area (Å²) in [6.45, 7) is 6.04. The summed E-state index contributed by atoms with van der Waals surface area (Å²) in [5.74, 6) is 1.66. The summed E-state index contributed by atoms with van der Waals surface area (Å²) in [6, 6.07) is 8.48. The van der Waals surface area contributed by atoms with Crippen LogP contribution in [-0.2, 0) is 4.79 Å². The van der Waals surface area contributed by atoms with Gasteiger partial charge >= 0.3 is 0 Å². The third-order valence-corrected chi connectivity index (χ3v) is 5.58. The molecule has 6 heteroatoms. The lowest BCUT2D eigenvalue weighted by Crippen LogP contribution is -2.48. The van der Waals surface area contributed by atoms with E-state index in [-0.39, 0.29) is 11.8 Å². The highest BCUT2D eigenvalue weighted by molar-refractivity contribution is 5.94. The Balaban J connectivity index is 1.95. The highest BCUT2D eigenvalue weighted by Crippen LogP contribution is 2.31. The molecule has 1 aromatic carbocycles. The summed E-state index contributed by atoms with van der Waals surface area (Å²) in [6.07, 6.45) is 2.83. The third-order valence-electron chi connectivity index (χ3n) is 5.58. The number of guanidine groups is 1. The van der Waals surface area contributed by atoms with E-state index in [9.17, 15) is 4.79 Å². The van der Waals surface area contributed by atoms with Gasteiger partial charge in [-0.3, -0.25) is 9.79 Å². The zero-order valence-electron chi connectivity index (χ0n) is 17.4. The second-order valence-electron chi connectivity index (χ2n) is 7.48. The number of nitrogens with one attached hydrogen (secondary N) is 3. The first kappa shape index (κ1) is 21.2. The fourth-order valence-electron chi connectivity index (χ4n) is 3.93. The van der Waals surface area contributed by atoms with E-state index in [0.29, 0.717) is 24.9 Å². The SMILES string of the molecule is CCC(CC)C(CNC(=NC)NCC1CC(=O)Nc2ccccc21)N(C)C. The van der Waals surface area contributed by atoms with Gasteiger partial charge in [0.15, 0.2) is 5.96 Å². The van der Waals surface area contributed by atoms with Crippen LogP contribution in [0.15, 0.2) is 29.3 Å². The van der Waals surface area contributed by atoms with Crippen molar-refractivity contribution < 1.29 is 4.79 Å². The molecule has 0 aliphatic carbocycles. The highest BCUT2D eigenvalue weighted by Gasteiger charge is 2.25. The molecule has 150 valence electrons. The van der Waals surface area contributed by atoms with Gasteiger partial charge in [0.2, 0.25) is 5.91 Å². The third kappa shape index (κ3) is 5.70. The number of hydrogen-bond donors (Lipinski definition) is 3. The zero-order valence-corrected chi connectivity index (χ0v) is 17.4. The largest absolute Gasteiger partial charge is 0.356 e. The summed E-state index contributed by atoms with van der Waals surface area (Å²) in [7, 11) is 6.06. The van der Waals surface area contributed by atoms with Crippen LogP contribution in [0.5, 0.6) is 0 Å². The number of carbonyl (C=O) groups is 1. The van der Waals surface area contributed by atoms with Crippen molar-refractivity contribution in [1.29, 1.82) is 0 Å². The Morgan fingerprint density at radius 1 is 1.26 bits per heavy atom. The number of anilines is 1. The molecule has 1 aromatic rings. The van der Waals surface area contributed by atoms with Crippen LogP contribution in [0.4, 0.5) is 5.69 Å². The number of likely N-dealkylation sites (N-methyl/N-ethyl adjacent to an activating group) is 1. The van der Waals surface area contributed by atoms with Crippen LogP contribution < -0.4 is 16.0 Å². The normalized spacial score (nSPS) is 18.3. The molecule has 0 fully saturated rings. The lowest BCUT2D eigenvalue weighted by molar-refractivity contribution is -0.116. The van der Waals surface area contributed by atoms with Crippen molar-refractivity contribution >= 4 is 17.6 Å². The summed E-state index contributed by atoms with van der Waals surface area (Å²) < 4.78 is 0. The number of nitrogens with zero attached hydrogens (tertiary/aromatic N) is 2. The van der Waals surface area contributed by atoms with Crippen LogP contribution in [0.3, 0.4) is 0 Å². The van der Waals surface area contributed by atoms with E-state index in [1.807, 2.05) is 18.2 Å². The van der Waals surface area contributed by atoms with Gasteiger partial charge in [0.1, 0.15) is 0 Å². The molecular weight excluding hydrogens is 338 g/mol. The van der Waals surface area contributed by atoms with Gasteiger partial charge in [-0.1, -0.05) is 44.9 Å². The quantitative estimate of drug-likeness (QED) is 0.484. The fourth-order valence-corrected chi connectivity index (χ4v) is 3.93. The standard InChI is InChI=1S/C21H35N5O/c1-6-15(7-2)19(26(4)5)14-24-21(22-3)23-13-16-12-20(27)25-18-11-9-8-10-17(16)18/h8-11,15-16,19H,6-7,12-14H2,1-5H3,(H,25,27)(H2,22,23,24). The first-order chi connectivity index (χ1) is 13.0. The van der Waals surface area contributed by atoms with Gasteiger partial charge < -0.3 is 20.9 Å². The number of hydrogen-bond acceptors (Lipinski definition) is 3. The number of benzene rings is 1. The minimum atomic E-state index is 0.0739. The second kappa shape index (κ2) is 10.3. The molecule has 0 saturated carbocycles. The van der Waals surface area contributed by atoms with Crippen molar-refractivity contribution in [2.75, 3.05) is 39.5 Å². The van der Waals surface area contributed by atoms with Crippen molar-refractivity contribution in [3.05, 3.63) is 29.8 Å². The summed E-state index contributed by atoms with van der Waals surface area (Å²) in [4.78, 5) is 18.6. The molecule has 1 amide bonds. The van der Waals surface area contributed by atoms with E-state index in [0.717, 1.165) is 18.2 Å². The van der Waals surface area contributed by atoms with E-state index in [2.05, 4.69) is 59.9 Å². The topological polar surface area (TPSA) is 68.8 Å². The molecule has 2 rings (SSSR count). The Morgan fingerprint density at radius 2 is 1.96 bits per heavy atom. The Labute approximate surface area is 163 Å². The van der Waals surface area contributed by atoms with Crippen LogP contribution in [0.25, 0.3) is 0 Å². The number of para-hydroxylation sites is 1. The lowest BCUT2D eigenvalue weighted by Gasteiger charge is -2.32. The highest BCUT2D eigenvalue weighted by atomic mass is 16.1. The van der Waals surface area contributed by atoms with Crippen molar-refractivity contribution in [2.24, 2.45) is 10.9 Å². The van der Waals surface area contributed by atoms with Gasteiger partial charge in [0, 0.05) is 44.2 Å². The molecule has 0 spiro atoms. The molecule has 0 saturated heterocycles. The average molecular weight is 374 g/mol. The molecule has 1 heterocycles. The van der Waals surface area contributed by atoms with Crippen LogP contribution in [-0.4, -0.2) is 57.0 Å². The number of amides is 1. The molecule has 0 radical (unpaired) electrons. The first-order valence-corrected chi connectivity index (χ1v) is 9.99. The molecule has 1 aliphatic rings. The predicted molar refractivity (Wildman–Crippen MR) is 113 cm³/mol. The van der Waals surface area contributed by atoms with Crippen LogP contribution in [0, 0.1) is 5.92 Å². The van der Waals surface area contributed by atoms with Gasteiger partial charge in [-0.15, -0.1) is 0 Å². The van der Waals surface area contributed by atoms with E-state index in [1.165, 1.54) is 18.4 Å². The molecule has 0 aromatic heterocycles. The van der Waals surface area contributed by atoms with Crippen molar-refractivity contribution in [3.63, 3.8) is 0 Å². The Kier molecular flexibility index (Phi) is 8.10. The zero-order chi connectivity index (χ0) is 19.8. The molecule has 1 aliphatic heterocycles. The van der Waals surface area contributed by atoms with Gasteiger partial charge in [-0.25, -0.2) is 0 Å². The molecule has 3 N–H and O–H groups in total. The van der Waals surface area contributed by atoms with Crippen LogP contribution in [0.1, 0.15) is 44.6 Å².